The second-order valence-corrected chi connectivity index (χ2v) is 6.29. The lowest BCUT2D eigenvalue weighted by Crippen LogP contribution is -2.36. The summed E-state index contributed by atoms with van der Waals surface area (Å²) in [6, 6.07) is 10.8. The van der Waals surface area contributed by atoms with Crippen molar-refractivity contribution < 1.29 is 5.11 Å². The van der Waals surface area contributed by atoms with E-state index in [9.17, 15) is 5.11 Å². The molecule has 0 aliphatic heterocycles. The van der Waals surface area contributed by atoms with Crippen LogP contribution in [0.25, 0.3) is 0 Å². The normalized spacial score (nSPS) is 27.7. The van der Waals surface area contributed by atoms with E-state index in [2.05, 4.69) is 49.3 Å². The zero-order chi connectivity index (χ0) is 13.7. The Bertz CT molecular complexity index is 363. The van der Waals surface area contributed by atoms with Crippen LogP contribution in [0.1, 0.15) is 31.2 Å². The van der Waals surface area contributed by atoms with Crippen LogP contribution in [0.3, 0.4) is 0 Å². The summed E-state index contributed by atoms with van der Waals surface area (Å²) in [6.07, 6.45) is 5.72. The lowest BCUT2D eigenvalue weighted by molar-refractivity contribution is 0.0336. The fraction of sp³-hybridized carbons (Fsp3) is 0.647. The van der Waals surface area contributed by atoms with Gasteiger partial charge in [0.05, 0.1) is 6.10 Å². The summed E-state index contributed by atoms with van der Waals surface area (Å²) in [4.78, 5) is 2.20. The first-order chi connectivity index (χ1) is 9.15. The molecule has 2 heteroatoms. The maximum Gasteiger partial charge on any atom is 0.0580 e. The molecule has 3 atom stereocenters. The fourth-order valence-corrected chi connectivity index (χ4v) is 3.29. The number of nitrogens with zero attached hydrogens (tertiary/aromatic N) is 1. The van der Waals surface area contributed by atoms with Gasteiger partial charge in [-0.15, -0.1) is 0 Å². The van der Waals surface area contributed by atoms with Gasteiger partial charge in [0, 0.05) is 6.54 Å². The molecule has 1 aliphatic carbocycles. The van der Waals surface area contributed by atoms with Gasteiger partial charge in [-0.25, -0.2) is 0 Å². The van der Waals surface area contributed by atoms with Gasteiger partial charge in [-0.3, -0.25) is 0 Å². The number of aliphatic hydroxyl groups excluding tert-OH is 1. The zero-order valence-electron chi connectivity index (χ0n) is 12.3. The third kappa shape index (κ3) is 4.63. The molecular formula is C17H27NO. The monoisotopic (exact) mass is 261 g/mol. The Morgan fingerprint density at radius 1 is 1.16 bits per heavy atom. The van der Waals surface area contributed by atoms with Crippen molar-refractivity contribution in [1.29, 1.82) is 0 Å². The van der Waals surface area contributed by atoms with E-state index in [-0.39, 0.29) is 6.10 Å². The molecular weight excluding hydrogens is 234 g/mol. The number of hydrogen-bond acceptors (Lipinski definition) is 2. The molecule has 106 valence electrons. The minimum atomic E-state index is -0.0876. The van der Waals surface area contributed by atoms with E-state index in [1.807, 2.05) is 0 Å². The molecule has 2 rings (SSSR count). The quantitative estimate of drug-likeness (QED) is 0.881. The summed E-state index contributed by atoms with van der Waals surface area (Å²) in [5.41, 5.74) is 1.44. The molecule has 0 heterocycles. The molecule has 1 saturated carbocycles. The number of hydrogen-bond donors (Lipinski definition) is 1. The molecule has 0 amide bonds. The van der Waals surface area contributed by atoms with Gasteiger partial charge in [0.25, 0.3) is 0 Å². The van der Waals surface area contributed by atoms with E-state index in [0.717, 1.165) is 18.9 Å². The molecule has 1 fully saturated rings. The van der Waals surface area contributed by atoms with E-state index in [4.69, 9.17) is 0 Å². The van der Waals surface area contributed by atoms with Crippen LogP contribution in [0.15, 0.2) is 30.3 Å². The molecule has 19 heavy (non-hydrogen) atoms. The van der Waals surface area contributed by atoms with Crippen molar-refractivity contribution in [2.75, 3.05) is 20.6 Å². The second-order valence-electron chi connectivity index (χ2n) is 6.29. The van der Waals surface area contributed by atoms with Gasteiger partial charge in [-0.2, -0.15) is 0 Å². The smallest absolute Gasteiger partial charge is 0.0580 e. The summed E-state index contributed by atoms with van der Waals surface area (Å²) in [5, 5.41) is 10.1. The van der Waals surface area contributed by atoms with Crippen molar-refractivity contribution in [3.05, 3.63) is 35.9 Å². The van der Waals surface area contributed by atoms with Crippen LogP contribution in [0.4, 0.5) is 0 Å². The number of aryl methyl sites for hydroxylation is 1. The van der Waals surface area contributed by atoms with Gasteiger partial charge in [0.2, 0.25) is 0 Å². The third-order valence-corrected chi connectivity index (χ3v) is 4.33. The molecule has 3 unspecified atom stereocenters. The topological polar surface area (TPSA) is 23.5 Å². The van der Waals surface area contributed by atoms with Crippen molar-refractivity contribution >= 4 is 0 Å². The van der Waals surface area contributed by atoms with Crippen LogP contribution in [-0.2, 0) is 6.42 Å². The highest BCUT2D eigenvalue weighted by Gasteiger charge is 2.29. The Morgan fingerprint density at radius 3 is 2.58 bits per heavy atom. The van der Waals surface area contributed by atoms with Gasteiger partial charge in [0.15, 0.2) is 0 Å². The highest BCUT2D eigenvalue weighted by atomic mass is 16.3. The SMILES string of the molecule is CN(C)CC1CC(CCc2ccccc2)CCC1O. The highest BCUT2D eigenvalue weighted by molar-refractivity contribution is 5.14. The van der Waals surface area contributed by atoms with E-state index >= 15 is 0 Å². The predicted molar refractivity (Wildman–Crippen MR) is 80.2 cm³/mol. The summed E-state index contributed by atoms with van der Waals surface area (Å²) in [5.74, 6) is 1.25. The van der Waals surface area contributed by atoms with Gasteiger partial charge >= 0.3 is 0 Å². The lowest BCUT2D eigenvalue weighted by Gasteiger charge is -2.35. The van der Waals surface area contributed by atoms with Crippen molar-refractivity contribution in [2.45, 2.75) is 38.2 Å². The number of benzene rings is 1. The predicted octanol–water partition coefficient (Wildman–Crippen LogP) is 2.96. The Morgan fingerprint density at radius 2 is 1.89 bits per heavy atom. The van der Waals surface area contributed by atoms with Crippen molar-refractivity contribution in [3.8, 4) is 0 Å². The summed E-state index contributed by atoms with van der Waals surface area (Å²) < 4.78 is 0. The van der Waals surface area contributed by atoms with Crippen molar-refractivity contribution in [3.63, 3.8) is 0 Å². The van der Waals surface area contributed by atoms with Crippen molar-refractivity contribution in [2.24, 2.45) is 11.8 Å². The van der Waals surface area contributed by atoms with Crippen LogP contribution in [0.5, 0.6) is 0 Å². The first-order valence-corrected chi connectivity index (χ1v) is 7.52. The second kappa shape index (κ2) is 7.06. The highest BCUT2D eigenvalue weighted by Crippen LogP contribution is 2.32. The van der Waals surface area contributed by atoms with Crippen molar-refractivity contribution in [1.82, 2.24) is 4.90 Å². The Hall–Kier alpha value is -0.860. The van der Waals surface area contributed by atoms with E-state index in [1.54, 1.807) is 0 Å². The molecule has 2 nitrogen and oxygen atoms in total. The molecule has 0 spiro atoms. The maximum atomic E-state index is 10.1. The molecule has 1 aromatic carbocycles. The van der Waals surface area contributed by atoms with Crippen LogP contribution >= 0.6 is 0 Å². The lowest BCUT2D eigenvalue weighted by atomic mass is 9.77. The maximum absolute atomic E-state index is 10.1. The third-order valence-electron chi connectivity index (χ3n) is 4.33. The zero-order valence-corrected chi connectivity index (χ0v) is 12.3. The minimum absolute atomic E-state index is 0.0876. The average molecular weight is 261 g/mol. The van der Waals surface area contributed by atoms with E-state index in [0.29, 0.717) is 5.92 Å². The molecule has 1 aromatic rings. The minimum Gasteiger partial charge on any atom is -0.393 e. The Balaban J connectivity index is 1.81. The molecule has 0 radical (unpaired) electrons. The van der Waals surface area contributed by atoms with Gasteiger partial charge in [-0.05, 0) is 63.6 Å². The summed E-state index contributed by atoms with van der Waals surface area (Å²) >= 11 is 0. The summed E-state index contributed by atoms with van der Waals surface area (Å²) in [6.45, 7) is 1.02. The van der Waals surface area contributed by atoms with E-state index in [1.165, 1.54) is 31.2 Å². The van der Waals surface area contributed by atoms with Gasteiger partial charge in [-0.1, -0.05) is 30.3 Å². The van der Waals surface area contributed by atoms with Crippen LogP contribution in [0.2, 0.25) is 0 Å². The van der Waals surface area contributed by atoms with Crippen LogP contribution in [0, 0.1) is 11.8 Å². The average Bonchev–Trinajstić information content (AvgIpc) is 2.40. The first-order valence-electron chi connectivity index (χ1n) is 7.52. The van der Waals surface area contributed by atoms with E-state index < -0.39 is 0 Å². The number of aliphatic hydroxyl groups is 1. The van der Waals surface area contributed by atoms with Gasteiger partial charge < -0.3 is 10.0 Å². The molecule has 1 aliphatic rings. The first kappa shape index (κ1) is 14.5. The number of rotatable bonds is 5. The van der Waals surface area contributed by atoms with Crippen LogP contribution < -0.4 is 0 Å². The molecule has 1 N–H and O–H groups in total. The van der Waals surface area contributed by atoms with Gasteiger partial charge in [0.1, 0.15) is 0 Å². The Labute approximate surface area is 117 Å². The van der Waals surface area contributed by atoms with Crippen LogP contribution in [-0.4, -0.2) is 36.8 Å². The molecule has 0 aromatic heterocycles. The fourth-order valence-electron chi connectivity index (χ4n) is 3.29. The largest absolute Gasteiger partial charge is 0.393 e. The standard InChI is InChI=1S/C17H27NO/c1-18(2)13-16-12-15(10-11-17(16)19)9-8-14-6-4-3-5-7-14/h3-7,15-17,19H,8-13H2,1-2H3. The summed E-state index contributed by atoms with van der Waals surface area (Å²) in [7, 11) is 4.20. The molecule has 0 bridgehead atoms. The Kier molecular flexibility index (Phi) is 5.41. The molecule has 0 saturated heterocycles.